The third-order valence-corrected chi connectivity index (χ3v) is 5.80. The van der Waals surface area contributed by atoms with E-state index in [4.69, 9.17) is 9.15 Å². The van der Waals surface area contributed by atoms with Gasteiger partial charge in [0, 0.05) is 43.8 Å². The van der Waals surface area contributed by atoms with Crippen LogP contribution in [0.1, 0.15) is 22.5 Å². The number of aromatic nitrogens is 1. The van der Waals surface area contributed by atoms with E-state index in [1.165, 1.54) is 12.1 Å². The van der Waals surface area contributed by atoms with Gasteiger partial charge in [-0.2, -0.15) is 13.2 Å². The van der Waals surface area contributed by atoms with Crippen molar-refractivity contribution in [3.8, 4) is 11.3 Å². The third-order valence-electron chi connectivity index (χ3n) is 5.80. The molecule has 156 valence electrons. The second kappa shape index (κ2) is 7.14. The molecule has 0 saturated carbocycles. The molecule has 1 aromatic carbocycles. The van der Waals surface area contributed by atoms with Crippen molar-refractivity contribution < 1.29 is 27.1 Å². The Morgan fingerprint density at radius 2 is 2.10 bits per heavy atom. The lowest BCUT2D eigenvalue weighted by Crippen LogP contribution is -2.59. The summed E-state index contributed by atoms with van der Waals surface area (Å²) in [4.78, 5) is 20.9. The smallest absolute Gasteiger partial charge is 0.416 e. The standard InChI is InChI=1S/C20H22F3N3O3/c1-25-9-19(7-15(25)8-28-2)10-26(11-19)18(27)16-17(29-12-24-16)13-4-3-5-14(6-13)20(21,22)23/h3-6,12,15H,7-11H2,1-2H3. The maximum Gasteiger partial charge on any atom is 0.416 e. The van der Waals surface area contributed by atoms with Gasteiger partial charge in [0.25, 0.3) is 5.91 Å². The van der Waals surface area contributed by atoms with Crippen LogP contribution in [0.2, 0.25) is 0 Å². The Morgan fingerprint density at radius 1 is 1.34 bits per heavy atom. The van der Waals surface area contributed by atoms with Crippen LogP contribution in [-0.4, -0.2) is 67.1 Å². The van der Waals surface area contributed by atoms with Crippen molar-refractivity contribution in [2.24, 2.45) is 5.41 Å². The van der Waals surface area contributed by atoms with E-state index >= 15 is 0 Å². The Balaban J connectivity index is 1.50. The molecule has 0 N–H and O–H groups in total. The van der Waals surface area contributed by atoms with Gasteiger partial charge in [-0.25, -0.2) is 4.98 Å². The predicted octanol–water partition coefficient (Wildman–Crippen LogP) is 3.15. The number of amides is 1. The molecular weight excluding hydrogens is 387 g/mol. The normalized spacial score (nSPS) is 21.6. The number of nitrogens with zero attached hydrogens (tertiary/aromatic N) is 3. The summed E-state index contributed by atoms with van der Waals surface area (Å²) in [5.74, 6) is -0.266. The van der Waals surface area contributed by atoms with Crippen molar-refractivity contribution in [3.63, 3.8) is 0 Å². The third kappa shape index (κ3) is 3.64. The molecule has 0 radical (unpaired) electrons. The zero-order chi connectivity index (χ0) is 20.8. The summed E-state index contributed by atoms with van der Waals surface area (Å²) in [6.45, 7) is 2.70. The minimum Gasteiger partial charge on any atom is -0.443 e. The molecule has 1 aromatic heterocycles. The zero-order valence-corrected chi connectivity index (χ0v) is 16.2. The van der Waals surface area contributed by atoms with Crippen molar-refractivity contribution in [1.29, 1.82) is 0 Å². The minimum absolute atomic E-state index is 0.0354. The van der Waals surface area contributed by atoms with Crippen molar-refractivity contribution >= 4 is 5.91 Å². The molecule has 0 bridgehead atoms. The van der Waals surface area contributed by atoms with Crippen molar-refractivity contribution in [2.75, 3.05) is 40.4 Å². The maximum atomic E-state index is 13.0. The average Bonchev–Trinajstić information content (AvgIpc) is 3.25. The predicted molar refractivity (Wildman–Crippen MR) is 98.2 cm³/mol. The summed E-state index contributed by atoms with van der Waals surface area (Å²) < 4.78 is 49.6. The molecule has 1 amide bonds. The number of hydrogen-bond acceptors (Lipinski definition) is 5. The van der Waals surface area contributed by atoms with Crippen molar-refractivity contribution in [2.45, 2.75) is 18.6 Å². The summed E-state index contributed by atoms with van der Waals surface area (Å²) in [6.07, 6.45) is -2.44. The number of oxazole rings is 1. The van der Waals surface area contributed by atoms with E-state index in [1.807, 2.05) is 7.05 Å². The highest BCUT2D eigenvalue weighted by molar-refractivity contribution is 5.98. The van der Waals surface area contributed by atoms with Gasteiger partial charge in [-0.3, -0.25) is 4.79 Å². The number of hydrogen-bond donors (Lipinski definition) is 0. The molecule has 2 saturated heterocycles. The van der Waals surface area contributed by atoms with Gasteiger partial charge in [0.2, 0.25) is 0 Å². The first kappa shape index (κ1) is 19.9. The van der Waals surface area contributed by atoms with Crippen LogP contribution in [0.25, 0.3) is 11.3 Å². The number of ether oxygens (including phenoxy) is 1. The quantitative estimate of drug-likeness (QED) is 0.777. The molecule has 1 spiro atoms. The van der Waals surface area contributed by atoms with Gasteiger partial charge < -0.3 is 19.0 Å². The molecule has 2 aliphatic rings. The molecule has 0 aliphatic carbocycles. The Morgan fingerprint density at radius 3 is 2.79 bits per heavy atom. The first-order chi connectivity index (χ1) is 13.7. The summed E-state index contributed by atoms with van der Waals surface area (Å²) in [5.41, 5.74) is -0.547. The summed E-state index contributed by atoms with van der Waals surface area (Å²) in [6, 6.07) is 5.04. The molecular formula is C20H22F3N3O3. The summed E-state index contributed by atoms with van der Waals surface area (Å²) in [5, 5.41) is 0. The molecule has 1 atom stereocenters. The highest BCUT2D eigenvalue weighted by Gasteiger charge is 2.52. The van der Waals surface area contributed by atoms with E-state index in [9.17, 15) is 18.0 Å². The molecule has 3 heterocycles. The van der Waals surface area contributed by atoms with Gasteiger partial charge in [-0.15, -0.1) is 0 Å². The first-order valence-electron chi connectivity index (χ1n) is 9.32. The topological polar surface area (TPSA) is 58.8 Å². The lowest BCUT2D eigenvalue weighted by Gasteiger charge is -2.47. The van der Waals surface area contributed by atoms with Gasteiger partial charge in [0.15, 0.2) is 17.8 Å². The maximum absolute atomic E-state index is 13.0. The van der Waals surface area contributed by atoms with Crippen molar-refractivity contribution in [1.82, 2.24) is 14.8 Å². The number of benzene rings is 1. The number of likely N-dealkylation sites (N-methyl/N-ethyl adjacent to an activating group) is 1. The number of carbonyl (C=O) groups excluding carboxylic acids is 1. The lowest BCUT2D eigenvalue weighted by molar-refractivity contribution is -0.137. The molecule has 4 rings (SSSR count). The molecule has 29 heavy (non-hydrogen) atoms. The van der Waals surface area contributed by atoms with Crippen LogP contribution in [0.4, 0.5) is 13.2 Å². The number of halogens is 3. The first-order valence-corrected chi connectivity index (χ1v) is 9.32. The number of likely N-dealkylation sites (tertiary alicyclic amines) is 2. The Bertz CT molecular complexity index is 906. The lowest BCUT2D eigenvalue weighted by atomic mass is 9.77. The zero-order valence-electron chi connectivity index (χ0n) is 16.2. The fourth-order valence-electron chi connectivity index (χ4n) is 4.48. The molecule has 2 aromatic rings. The molecule has 6 nitrogen and oxygen atoms in total. The van der Waals surface area contributed by atoms with Crippen LogP contribution in [0.5, 0.6) is 0 Å². The number of alkyl halides is 3. The van der Waals surface area contributed by atoms with Gasteiger partial charge in [0.05, 0.1) is 12.2 Å². The second-order valence-electron chi connectivity index (χ2n) is 8.00. The van der Waals surface area contributed by atoms with E-state index in [1.54, 1.807) is 12.0 Å². The van der Waals surface area contributed by atoms with E-state index in [0.717, 1.165) is 31.5 Å². The molecule has 1 unspecified atom stereocenters. The van der Waals surface area contributed by atoms with Gasteiger partial charge >= 0.3 is 6.18 Å². The van der Waals surface area contributed by atoms with E-state index in [-0.39, 0.29) is 28.3 Å². The van der Waals surface area contributed by atoms with Crippen LogP contribution in [0.15, 0.2) is 35.1 Å². The molecule has 2 fully saturated rings. The summed E-state index contributed by atoms with van der Waals surface area (Å²) in [7, 11) is 3.72. The van der Waals surface area contributed by atoms with Gasteiger partial charge in [-0.1, -0.05) is 12.1 Å². The minimum atomic E-state index is -4.47. The molecule has 2 aliphatic heterocycles. The number of methoxy groups -OCH3 is 1. The SMILES string of the molecule is COCC1CC2(CN(C(=O)c3ncoc3-c3cccc(C(F)(F)F)c3)C2)CN1C. The van der Waals surface area contributed by atoms with Crippen LogP contribution >= 0.6 is 0 Å². The van der Waals surface area contributed by atoms with Crippen LogP contribution in [0, 0.1) is 5.41 Å². The fraction of sp³-hybridized carbons (Fsp3) is 0.500. The van der Waals surface area contributed by atoms with Crippen LogP contribution < -0.4 is 0 Å². The fourth-order valence-corrected chi connectivity index (χ4v) is 4.48. The van der Waals surface area contributed by atoms with E-state index < -0.39 is 11.7 Å². The van der Waals surface area contributed by atoms with Gasteiger partial charge in [-0.05, 0) is 25.6 Å². The highest BCUT2D eigenvalue weighted by atomic mass is 19.4. The van der Waals surface area contributed by atoms with E-state index in [2.05, 4.69) is 9.88 Å². The monoisotopic (exact) mass is 409 g/mol. The highest BCUT2D eigenvalue weighted by Crippen LogP contribution is 2.43. The molecule has 9 heteroatoms. The number of rotatable bonds is 4. The number of carbonyl (C=O) groups is 1. The van der Waals surface area contributed by atoms with Gasteiger partial charge in [0.1, 0.15) is 0 Å². The summed E-state index contributed by atoms with van der Waals surface area (Å²) >= 11 is 0. The second-order valence-corrected chi connectivity index (χ2v) is 8.00. The average molecular weight is 409 g/mol. The largest absolute Gasteiger partial charge is 0.443 e. The van der Waals surface area contributed by atoms with Crippen molar-refractivity contribution in [3.05, 3.63) is 41.9 Å². The van der Waals surface area contributed by atoms with Crippen LogP contribution in [-0.2, 0) is 10.9 Å². The van der Waals surface area contributed by atoms with Crippen LogP contribution in [0.3, 0.4) is 0 Å². The Labute approximate surface area is 166 Å². The van der Waals surface area contributed by atoms with E-state index in [0.29, 0.717) is 25.7 Å². The Kier molecular flexibility index (Phi) is 4.90. The Hall–Kier alpha value is -2.39.